The highest BCUT2D eigenvalue weighted by molar-refractivity contribution is 5.75. The first-order valence-electron chi connectivity index (χ1n) is 7.34. The summed E-state index contributed by atoms with van der Waals surface area (Å²) in [4.78, 5) is 4.51. The molecule has 0 spiro atoms. The second kappa shape index (κ2) is 4.97. The molecule has 102 valence electrons. The van der Waals surface area contributed by atoms with Crippen molar-refractivity contribution < 1.29 is 0 Å². The van der Waals surface area contributed by atoms with E-state index in [1.165, 1.54) is 18.4 Å². The molecule has 1 heterocycles. The maximum Gasteiger partial charge on any atom is 0.0961 e. The van der Waals surface area contributed by atoms with Crippen LogP contribution in [-0.2, 0) is 0 Å². The van der Waals surface area contributed by atoms with E-state index >= 15 is 0 Å². The van der Waals surface area contributed by atoms with Gasteiger partial charge in [0.15, 0.2) is 0 Å². The van der Waals surface area contributed by atoms with Gasteiger partial charge in [0.1, 0.15) is 0 Å². The third kappa shape index (κ3) is 2.27. The van der Waals surface area contributed by atoms with Gasteiger partial charge in [-0.25, -0.2) is 4.98 Å². The van der Waals surface area contributed by atoms with E-state index in [1.54, 1.807) is 0 Å². The number of benzene rings is 1. The van der Waals surface area contributed by atoms with E-state index < -0.39 is 0 Å². The van der Waals surface area contributed by atoms with Crippen LogP contribution in [-0.4, -0.2) is 15.6 Å². The molecular formula is C16H23N3. The Kier molecular flexibility index (Phi) is 3.31. The fourth-order valence-electron chi connectivity index (χ4n) is 3.37. The normalized spacial score (nSPS) is 28.1. The Hall–Kier alpha value is -1.35. The second-order valence-electron chi connectivity index (χ2n) is 6.19. The summed E-state index contributed by atoms with van der Waals surface area (Å²) in [5.41, 5.74) is 8.66. The molecule has 2 aromatic rings. The second-order valence-corrected chi connectivity index (χ2v) is 6.19. The van der Waals surface area contributed by atoms with Crippen molar-refractivity contribution in [3.8, 4) is 0 Å². The highest BCUT2D eigenvalue weighted by Crippen LogP contribution is 2.37. The summed E-state index contributed by atoms with van der Waals surface area (Å²) < 4.78 is 2.30. The van der Waals surface area contributed by atoms with Gasteiger partial charge in [0.05, 0.1) is 23.4 Å². The maximum absolute atomic E-state index is 6.37. The Balaban J connectivity index is 1.95. The van der Waals surface area contributed by atoms with Crippen LogP contribution in [0.4, 0.5) is 0 Å². The van der Waals surface area contributed by atoms with E-state index in [9.17, 15) is 0 Å². The lowest BCUT2D eigenvalue weighted by Gasteiger charge is -2.37. The van der Waals surface area contributed by atoms with Crippen LogP contribution in [0, 0.1) is 11.8 Å². The third-order valence-electron chi connectivity index (χ3n) is 4.69. The first-order valence-corrected chi connectivity index (χ1v) is 7.34. The van der Waals surface area contributed by atoms with Gasteiger partial charge in [-0.3, -0.25) is 0 Å². The molecule has 3 rings (SSSR count). The molecule has 1 aliphatic rings. The van der Waals surface area contributed by atoms with Crippen molar-refractivity contribution in [1.82, 2.24) is 9.55 Å². The minimum absolute atomic E-state index is 0.257. The average Bonchev–Trinajstić information content (AvgIpc) is 2.83. The highest BCUT2D eigenvalue weighted by atomic mass is 15.1. The quantitative estimate of drug-likeness (QED) is 0.896. The SMILES string of the molecule is CC(C)C1CCC(N)C(n2cnc3ccccc32)C1. The maximum atomic E-state index is 6.37. The van der Waals surface area contributed by atoms with E-state index in [-0.39, 0.29) is 6.04 Å². The van der Waals surface area contributed by atoms with Crippen molar-refractivity contribution in [3.05, 3.63) is 30.6 Å². The number of nitrogens with two attached hydrogens (primary N) is 1. The van der Waals surface area contributed by atoms with Gasteiger partial charge in [0, 0.05) is 6.04 Å². The molecule has 1 aromatic carbocycles. The van der Waals surface area contributed by atoms with Crippen LogP contribution in [0.5, 0.6) is 0 Å². The number of fused-ring (bicyclic) bond motifs is 1. The highest BCUT2D eigenvalue weighted by Gasteiger charge is 2.31. The van der Waals surface area contributed by atoms with Crippen LogP contribution in [0.1, 0.15) is 39.2 Å². The molecule has 1 fully saturated rings. The molecule has 0 radical (unpaired) electrons. The number of rotatable bonds is 2. The molecule has 0 bridgehead atoms. The molecule has 0 aliphatic heterocycles. The topological polar surface area (TPSA) is 43.8 Å². The van der Waals surface area contributed by atoms with Gasteiger partial charge in [0.2, 0.25) is 0 Å². The van der Waals surface area contributed by atoms with Crippen LogP contribution < -0.4 is 5.73 Å². The molecule has 19 heavy (non-hydrogen) atoms. The molecule has 1 saturated carbocycles. The van der Waals surface area contributed by atoms with Crippen molar-refractivity contribution >= 4 is 11.0 Å². The van der Waals surface area contributed by atoms with E-state index in [1.807, 2.05) is 12.4 Å². The molecular weight excluding hydrogens is 234 g/mol. The van der Waals surface area contributed by atoms with Gasteiger partial charge in [0.25, 0.3) is 0 Å². The predicted molar refractivity (Wildman–Crippen MR) is 78.9 cm³/mol. The fraction of sp³-hybridized carbons (Fsp3) is 0.562. The van der Waals surface area contributed by atoms with Crippen molar-refractivity contribution in [2.45, 2.75) is 45.2 Å². The summed E-state index contributed by atoms with van der Waals surface area (Å²) in [5.74, 6) is 1.52. The van der Waals surface area contributed by atoms with Crippen molar-refractivity contribution in [3.63, 3.8) is 0 Å². The zero-order valence-corrected chi connectivity index (χ0v) is 11.8. The Morgan fingerprint density at radius 2 is 2.05 bits per heavy atom. The number of hydrogen-bond donors (Lipinski definition) is 1. The standard InChI is InChI=1S/C16H23N3/c1-11(2)12-7-8-13(17)16(9-12)19-10-18-14-5-3-4-6-15(14)19/h3-6,10-13,16H,7-9,17H2,1-2H3. The fourth-order valence-corrected chi connectivity index (χ4v) is 3.37. The predicted octanol–water partition coefficient (Wildman–Crippen LogP) is 3.36. The summed E-state index contributed by atoms with van der Waals surface area (Å²) in [5, 5.41) is 0. The van der Waals surface area contributed by atoms with Gasteiger partial charge in [-0.05, 0) is 43.2 Å². The molecule has 0 saturated heterocycles. The Bertz CT molecular complexity index is 558. The zero-order valence-electron chi connectivity index (χ0n) is 11.8. The van der Waals surface area contributed by atoms with E-state index in [2.05, 4.69) is 41.6 Å². The van der Waals surface area contributed by atoms with Crippen LogP contribution in [0.3, 0.4) is 0 Å². The first kappa shape index (κ1) is 12.7. The Morgan fingerprint density at radius 1 is 1.26 bits per heavy atom. The molecule has 1 aliphatic carbocycles. The number of nitrogens with zero attached hydrogens (tertiary/aromatic N) is 2. The zero-order chi connectivity index (χ0) is 13.4. The van der Waals surface area contributed by atoms with Crippen LogP contribution in [0.15, 0.2) is 30.6 Å². The number of imidazole rings is 1. The van der Waals surface area contributed by atoms with E-state index in [4.69, 9.17) is 5.73 Å². The average molecular weight is 257 g/mol. The van der Waals surface area contributed by atoms with Gasteiger partial charge >= 0.3 is 0 Å². The van der Waals surface area contributed by atoms with Crippen molar-refractivity contribution in [2.75, 3.05) is 0 Å². The molecule has 3 heteroatoms. The smallest absolute Gasteiger partial charge is 0.0961 e. The Morgan fingerprint density at radius 3 is 2.84 bits per heavy atom. The van der Waals surface area contributed by atoms with Gasteiger partial charge < -0.3 is 10.3 Å². The number of aromatic nitrogens is 2. The number of para-hydroxylation sites is 2. The summed E-state index contributed by atoms with van der Waals surface area (Å²) >= 11 is 0. The van der Waals surface area contributed by atoms with E-state index in [0.717, 1.165) is 23.8 Å². The molecule has 3 unspecified atom stereocenters. The van der Waals surface area contributed by atoms with Crippen LogP contribution in [0.25, 0.3) is 11.0 Å². The van der Waals surface area contributed by atoms with Gasteiger partial charge in [-0.2, -0.15) is 0 Å². The lowest BCUT2D eigenvalue weighted by Crippen LogP contribution is -2.38. The lowest BCUT2D eigenvalue weighted by molar-refractivity contribution is 0.195. The van der Waals surface area contributed by atoms with E-state index in [0.29, 0.717) is 6.04 Å². The Labute approximate surface area is 114 Å². The summed E-state index contributed by atoms with van der Waals surface area (Å²) in [6.07, 6.45) is 5.54. The summed E-state index contributed by atoms with van der Waals surface area (Å²) in [6.45, 7) is 4.65. The lowest BCUT2D eigenvalue weighted by atomic mass is 9.77. The van der Waals surface area contributed by atoms with Gasteiger partial charge in [-0.1, -0.05) is 26.0 Å². The first-order chi connectivity index (χ1) is 9.16. The molecule has 3 nitrogen and oxygen atoms in total. The molecule has 3 atom stereocenters. The van der Waals surface area contributed by atoms with Crippen molar-refractivity contribution in [2.24, 2.45) is 17.6 Å². The summed E-state index contributed by atoms with van der Waals surface area (Å²) in [7, 11) is 0. The minimum Gasteiger partial charge on any atom is -0.326 e. The van der Waals surface area contributed by atoms with Crippen molar-refractivity contribution in [1.29, 1.82) is 0 Å². The van der Waals surface area contributed by atoms with Crippen LogP contribution in [0.2, 0.25) is 0 Å². The summed E-state index contributed by atoms with van der Waals surface area (Å²) in [6, 6.07) is 8.99. The molecule has 0 amide bonds. The third-order valence-corrected chi connectivity index (χ3v) is 4.69. The van der Waals surface area contributed by atoms with Gasteiger partial charge in [-0.15, -0.1) is 0 Å². The monoisotopic (exact) mass is 257 g/mol. The number of hydrogen-bond acceptors (Lipinski definition) is 2. The molecule has 2 N–H and O–H groups in total. The largest absolute Gasteiger partial charge is 0.326 e. The minimum atomic E-state index is 0.257. The van der Waals surface area contributed by atoms with Crippen LogP contribution >= 0.6 is 0 Å². The molecule has 1 aromatic heterocycles.